The van der Waals surface area contributed by atoms with Crippen molar-refractivity contribution in [3.8, 4) is 23.3 Å². The summed E-state index contributed by atoms with van der Waals surface area (Å²) < 4.78 is 10.8. The van der Waals surface area contributed by atoms with Crippen molar-refractivity contribution < 1.29 is 14.6 Å². The molecular weight excluding hydrogens is 414 g/mol. The molecule has 0 radical (unpaired) electrons. The maximum Gasteiger partial charge on any atom is 0.205 e. The van der Waals surface area contributed by atoms with E-state index in [1.54, 1.807) is 37.6 Å². The van der Waals surface area contributed by atoms with Crippen LogP contribution in [0.3, 0.4) is 0 Å². The van der Waals surface area contributed by atoms with E-state index < -0.39 is 5.92 Å². The highest BCUT2D eigenvalue weighted by molar-refractivity contribution is 6.30. The Morgan fingerprint density at radius 3 is 2.74 bits per heavy atom. The van der Waals surface area contributed by atoms with E-state index in [-0.39, 0.29) is 17.2 Å². The molecule has 6 nitrogen and oxygen atoms in total. The van der Waals surface area contributed by atoms with Gasteiger partial charge in [-0.3, -0.25) is 4.99 Å². The van der Waals surface area contributed by atoms with Gasteiger partial charge in [0.1, 0.15) is 28.9 Å². The molecule has 0 aromatic heterocycles. The number of phenolic OH excluding ortho intramolecular Hbond substituents is 1. The Labute approximate surface area is 184 Å². The Kier molecular flexibility index (Phi) is 5.52. The third kappa shape index (κ3) is 4.04. The normalized spacial score (nSPS) is 15.3. The minimum absolute atomic E-state index is 0.00262. The number of fused-ring (bicyclic) bond motifs is 1. The van der Waals surface area contributed by atoms with Crippen LogP contribution < -0.4 is 15.2 Å². The van der Waals surface area contributed by atoms with Crippen LogP contribution in [0.5, 0.6) is 17.2 Å². The molecule has 7 heteroatoms. The summed E-state index contributed by atoms with van der Waals surface area (Å²) in [4.78, 5) is 4.43. The molecule has 1 aliphatic rings. The molecule has 1 unspecified atom stereocenters. The van der Waals surface area contributed by atoms with E-state index in [1.165, 1.54) is 6.07 Å². The highest BCUT2D eigenvalue weighted by Gasteiger charge is 2.31. The molecule has 3 aromatic rings. The maximum atomic E-state index is 10.5. The van der Waals surface area contributed by atoms with Crippen molar-refractivity contribution in [3.63, 3.8) is 0 Å². The van der Waals surface area contributed by atoms with Crippen molar-refractivity contribution in [3.05, 3.63) is 93.8 Å². The van der Waals surface area contributed by atoms with E-state index in [4.69, 9.17) is 26.8 Å². The number of nitrogens with two attached hydrogens (primary N) is 1. The molecule has 0 spiro atoms. The topological polar surface area (TPSA) is 101 Å². The summed E-state index contributed by atoms with van der Waals surface area (Å²) in [6, 6.07) is 19.8. The summed E-state index contributed by atoms with van der Waals surface area (Å²) >= 11 is 6.18. The fraction of sp³-hybridized carbons (Fsp3) is 0.0833. The van der Waals surface area contributed by atoms with Crippen LogP contribution in [-0.4, -0.2) is 18.4 Å². The van der Waals surface area contributed by atoms with Gasteiger partial charge in [0.15, 0.2) is 0 Å². The van der Waals surface area contributed by atoms with Gasteiger partial charge in [-0.05, 0) is 35.9 Å². The first-order valence-corrected chi connectivity index (χ1v) is 9.76. The number of hydrogen-bond donors (Lipinski definition) is 2. The van der Waals surface area contributed by atoms with Gasteiger partial charge in [-0.1, -0.05) is 29.8 Å². The number of benzene rings is 3. The first-order valence-electron chi connectivity index (χ1n) is 9.38. The average Bonchev–Trinajstić information content (AvgIpc) is 2.77. The van der Waals surface area contributed by atoms with Crippen LogP contribution in [0, 0.1) is 11.3 Å². The monoisotopic (exact) mass is 431 g/mol. The van der Waals surface area contributed by atoms with Crippen LogP contribution in [0.2, 0.25) is 5.02 Å². The standard InChI is InChI=1S/C24H18ClN3O3/c1-30-18-7-3-6-17(10-18)28-13-15-9-19-22(11-21(15)29)31-24(27)20(12-26)23(19)14-4-2-5-16(25)8-14/h2-11,13,23,29H,27H2,1H3. The molecule has 0 aliphatic carbocycles. The number of halogens is 1. The Hall–Kier alpha value is -3.95. The summed E-state index contributed by atoms with van der Waals surface area (Å²) in [5.74, 6) is 0.535. The number of aromatic hydroxyl groups is 1. The molecule has 154 valence electrons. The van der Waals surface area contributed by atoms with Crippen molar-refractivity contribution in [2.24, 2.45) is 10.7 Å². The quantitative estimate of drug-likeness (QED) is 0.564. The number of allylic oxidation sites excluding steroid dienone is 1. The number of hydrogen-bond acceptors (Lipinski definition) is 6. The largest absolute Gasteiger partial charge is 0.507 e. The zero-order valence-electron chi connectivity index (χ0n) is 16.5. The van der Waals surface area contributed by atoms with Gasteiger partial charge in [0.05, 0.1) is 18.7 Å². The van der Waals surface area contributed by atoms with Crippen LogP contribution >= 0.6 is 11.6 Å². The number of rotatable bonds is 4. The number of nitrogens with zero attached hydrogens (tertiary/aromatic N) is 2. The van der Waals surface area contributed by atoms with E-state index in [0.29, 0.717) is 33.3 Å². The molecule has 1 atom stereocenters. The third-order valence-electron chi connectivity index (χ3n) is 4.95. The van der Waals surface area contributed by atoms with E-state index >= 15 is 0 Å². The van der Waals surface area contributed by atoms with Crippen LogP contribution in [0.25, 0.3) is 0 Å². The molecule has 1 heterocycles. The van der Waals surface area contributed by atoms with Crippen molar-refractivity contribution in [2.75, 3.05) is 7.11 Å². The SMILES string of the molecule is COc1cccc(N=Cc2cc3c(cc2O)OC(N)=C(C#N)C3c2cccc(Cl)c2)c1. The summed E-state index contributed by atoms with van der Waals surface area (Å²) in [6.45, 7) is 0. The van der Waals surface area contributed by atoms with Gasteiger partial charge in [-0.2, -0.15) is 5.26 Å². The summed E-state index contributed by atoms with van der Waals surface area (Å²) in [5.41, 5.74) is 8.88. The maximum absolute atomic E-state index is 10.5. The van der Waals surface area contributed by atoms with E-state index in [9.17, 15) is 10.4 Å². The Morgan fingerprint density at radius 1 is 1.19 bits per heavy atom. The molecule has 0 saturated heterocycles. The average molecular weight is 432 g/mol. The zero-order chi connectivity index (χ0) is 22.0. The highest BCUT2D eigenvalue weighted by Crippen LogP contribution is 2.44. The Morgan fingerprint density at radius 2 is 2.00 bits per heavy atom. The lowest BCUT2D eigenvalue weighted by molar-refractivity contribution is 0.388. The van der Waals surface area contributed by atoms with E-state index in [2.05, 4.69) is 11.1 Å². The molecule has 3 aromatic carbocycles. The van der Waals surface area contributed by atoms with Crippen LogP contribution in [0.1, 0.15) is 22.6 Å². The smallest absolute Gasteiger partial charge is 0.205 e. The predicted molar refractivity (Wildman–Crippen MR) is 119 cm³/mol. The molecule has 1 aliphatic heterocycles. The lowest BCUT2D eigenvalue weighted by atomic mass is 9.83. The Bertz CT molecular complexity index is 1260. The van der Waals surface area contributed by atoms with E-state index in [0.717, 1.165) is 5.56 Å². The summed E-state index contributed by atoms with van der Waals surface area (Å²) in [6.07, 6.45) is 1.55. The Balaban J connectivity index is 1.81. The second kappa shape index (κ2) is 8.42. The highest BCUT2D eigenvalue weighted by atomic mass is 35.5. The van der Waals surface area contributed by atoms with Gasteiger partial charge >= 0.3 is 0 Å². The second-order valence-corrected chi connectivity index (χ2v) is 7.32. The predicted octanol–water partition coefficient (Wildman–Crippen LogP) is 5.02. The minimum Gasteiger partial charge on any atom is -0.507 e. The first kappa shape index (κ1) is 20.3. The molecule has 0 fully saturated rings. The number of phenols is 1. The van der Waals surface area contributed by atoms with Crippen molar-refractivity contribution >= 4 is 23.5 Å². The fourth-order valence-electron chi connectivity index (χ4n) is 3.48. The third-order valence-corrected chi connectivity index (χ3v) is 5.19. The minimum atomic E-state index is -0.489. The van der Waals surface area contributed by atoms with Gasteiger partial charge in [0, 0.05) is 34.5 Å². The molecule has 4 rings (SSSR count). The first-order chi connectivity index (χ1) is 15.0. The number of methoxy groups -OCH3 is 1. The summed E-state index contributed by atoms with van der Waals surface area (Å²) in [7, 11) is 1.58. The van der Waals surface area contributed by atoms with Gasteiger partial charge in [-0.15, -0.1) is 0 Å². The fourth-order valence-corrected chi connectivity index (χ4v) is 3.68. The van der Waals surface area contributed by atoms with Crippen LogP contribution in [0.4, 0.5) is 5.69 Å². The second-order valence-electron chi connectivity index (χ2n) is 6.89. The van der Waals surface area contributed by atoms with Gasteiger partial charge in [0.2, 0.25) is 5.88 Å². The molecular formula is C24H18ClN3O3. The van der Waals surface area contributed by atoms with Crippen LogP contribution in [-0.2, 0) is 0 Å². The molecule has 0 bridgehead atoms. The lowest BCUT2D eigenvalue weighted by Gasteiger charge is -2.27. The summed E-state index contributed by atoms with van der Waals surface area (Å²) in [5, 5.41) is 20.8. The lowest BCUT2D eigenvalue weighted by Crippen LogP contribution is -2.21. The van der Waals surface area contributed by atoms with Gasteiger partial charge < -0.3 is 20.3 Å². The van der Waals surface area contributed by atoms with Crippen LogP contribution in [0.15, 0.2) is 77.1 Å². The van der Waals surface area contributed by atoms with Crippen molar-refractivity contribution in [2.45, 2.75) is 5.92 Å². The molecule has 3 N–H and O–H groups in total. The molecule has 0 saturated carbocycles. The van der Waals surface area contributed by atoms with E-state index in [1.807, 2.05) is 30.3 Å². The van der Waals surface area contributed by atoms with Gasteiger partial charge in [-0.25, -0.2) is 0 Å². The number of ether oxygens (including phenoxy) is 2. The van der Waals surface area contributed by atoms with Crippen molar-refractivity contribution in [1.82, 2.24) is 0 Å². The molecule has 0 amide bonds. The number of aliphatic imine (C=N–C) groups is 1. The molecule has 31 heavy (non-hydrogen) atoms. The van der Waals surface area contributed by atoms with Gasteiger partial charge in [0.25, 0.3) is 0 Å². The van der Waals surface area contributed by atoms with Crippen molar-refractivity contribution in [1.29, 1.82) is 5.26 Å². The zero-order valence-corrected chi connectivity index (χ0v) is 17.3. The number of nitriles is 1.